The SMILES string of the molecule is CN(C)c1nc2ccccc2n1C1CCNCC1. The fourth-order valence-corrected chi connectivity index (χ4v) is 2.77. The zero-order chi connectivity index (χ0) is 12.5. The van der Waals surface area contributed by atoms with Gasteiger partial charge >= 0.3 is 0 Å². The molecule has 0 bridgehead atoms. The molecule has 1 aliphatic heterocycles. The second-order valence-electron chi connectivity index (χ2n) is 5.15. The van der Waals surface area contributed by atoms with Crippen molar-refractivity contribution in [1.82, 2.24) is 14.9 Å². The second kappa shape index (κ2) is 4.61. The zero-order valence-electron chi connectivity index (χ0n) is 11.1. The van der Waals surface area contributed by atoms with E-state index in [4.69, 9.17) is 4.98 Å². The number of benzene rings is 1. The highest BCUT2D eigenvalue weighted by Crippen LogP contribution is 2.30. The molecule has 18 heavy (non-hydrogen) atoms. The van der Waals surface area contributed by atoms with Crippen LogP contribution in [0.3, 0.4) is 0 Å². The molecular weight excluding hydrogens is 224 g/mol. The summed E-state index contributed by atoms with van der Waals surface area (Å²) in [5.41, 5.74) is 2.35. The molecule has 1 N–H and O–H groups in total. The van der Waals surface area contributed by atoms with Crippen LogP contribution in [0.4, 0.5) is 5.95 Å². The Labute approximate surface area is 108 Å². The molecular formula is C14H20N4. The molecule has 0 amide bonds. The lowest BCUT2D eigenvalue weighted by Crippen LogP contribution is -2.30. The van der Waals surface area contributed by atoms with Crippen molar-refractivity contribution in [3.8, 4) is 0 Å². The fourth-order valence-electron chi connectivity index (χ4n) is 2.77. The van der Waals surface area contributed by atoms with Crippen LogP contribution < -0.4 is 10.2 Å². The first-order valence-electron chi connectivity index (χ1n) is 6.62. The van der Waals surface area contributed by atoms with E-state index in [-0.39, 0.29) is 0 Å². The minimum atomic E-state index is 0.566. The fraction of sp³-hybridized carbons (Fsp3) is 0.500. The van der Waals surface area contributed by atoms with Crippen LogP contribution in [-0.2, 0) is 0 Å². The molecule has 0 spiro atoms. The van der Waals surface area contributed by atoms with Crippen LogP contribution in [0.15, 0.2) is 24.3 Å². The van der Waals surface area contributed by atoms with Gasteiger partial charge in [0.1, 0.15) is 0 Å². The van der Waals surface area contributed by atoms with Crippen LogP contribution in [0.5, 0.6) is 0 Å². The molecule has 3 rings (SSSR count). The lowest BCUT2D eigenvalue weighted by Gasteiger charge is -2.27. The highest BCUT2D eigenvalue weighted by atomic mass is 15.3. The van der Waals surface area contributed by atoms with Gasteiger partial charge in [0.25, 0.3) is 0 Å². The molecule has 4 nitrogen and oxygen atoms in total. The molecule has 0 aliphatic carbocycles. The van der Waals surface area contributed by atoms with E-state index < -0.39 is 0 Å². The Bertz CT molecular complexity index is 538. The number of hydrogen-bond acceptors (Lipinski definition) is 3. The standard InChI is InChI=1S/C14H20N4/c1-17(2)14-16-12-5-3-4-6-13(12)18(14)11-7-9-15-10-8-11/h3-6,11,15H,7-10H2,1-2H3. The molecule has 1 fully saturated rings. The van der Waals surface area contributed by atoms with E-state index in [0.717, 1.165) is 24.6 Å². The van der Waals surface area contributed by atoms with Gasteiger partial charge in [-0.2, -0.15) is 0 Å². The molecule has 0 unspecified atom stereocenters. The first kappa shape index (κ1) is 11.5. The van der Waals surface area contributed by atoms with Crippen LogP contribution in [-0.4, -0.2) is 36.7 Å². The number of imidazole rings is 1. The second-order valence-corrected chi connectivity index (χ2v) is 5.15. The van der Waals surface area contributed by atoms with Crippen molar-refractivity contribution < 1.29 is 0 Å². The summed E-state index contributed by atoms with van der Waals surface area (Å²) in [5, 5.41) is 3.43. The van der Waals surface area contributed by atoms with E-state index in [9.17, 15) is 0 Å². The third-order valence-corrected chi connectivity index (χ3v) is 3.65. The normalized spacial score (nSPS) is 17.2. The number of nitrogens with one attached hydrogen (secondary N) is 1. The van der Waals surface area contributed by atoms with Crippen molar-refractivity contribution in [1.29, 1.82) is 0 Å². The first-order valence-corrected chi connectivity index (χ1v) is 6.62. The Morgan fingerprint density at radius 2 is 1.94 bits per heavy atom. The Morgan fingerprint density at radius 1 is 1.22 bits per heavy atom. The molecule has 0 atom stereocenters. The van der Waals surface area contributed by atoms with E-state index in [2.05, 4.69) is 53.1 Å². The summed E-state index contributed by atoms with van der Waals surface area (Å²) in [4.78, 5) is 6.87. The van der Waals surface area contributed by atoms with Crippen LogP contribution in [0.1, 0.15) is 18.9 Å². The number of anilines is 1. The Morgan fingerprint density at radius 3 is 2.67 bits per heavy atom. The summed E-state index contributed by atoms with van der Waals surface area (Å²) in [5.74, 6) is 1.07. The molecule has 1 aliphatic rings. The van der Waals surface area contributed by atoms with Gasteiger partial charge in [-0.05, 0) is 38.1 Å². The number of para-hydroxylation sites is 2. The summed E-state index contributed by atoms with van der Waals surface area (Å²) in [6.07, 6.45) is 2.36. The molecule has 2 aromatic rings. The average molecular weight is 244 g/mol. The number of rotatable bonds is 2. The summed E-state index contributed by atoms with van der Waals surface area (Å²) in [6, 6.07) is 9.00. The highest BCUT2D eigenvalue weighted by molar-refractivity contribution is 5.79. The lowest BCUT2D eigenvalue weighted by atomic mass is 10.1. The Hall–Kier alpha value is -1.55. The Kier molecular flexibility index (Phi) is 2.96. The topological polar surface area (TPSA) is 33.1 Å². The number of hydrogen-bond donors (Lipinski definition) is 1. The summed E-state index contributed by atoms with van der Waals surface area (Å²) < 4.78 is 2.41. The van der Waals surface area contributed by atoms with Crippen LogP contribution >= 0.6 is 0 Å². The minimum Gasteiger partial charge on any atom is -0.348 e. The predicted molar refractivity (Wildman–Crippen MR) is 75.2 cm³/mol. The number of piperidine rings is 1. The zero-order valence-corrected chi connectivity index (χ0v) is 11.1. The average Bonchev–Trinajstić information content (AvgIpc) is 2.79. The van der Waals surface area contributed by atoms with Gasteiger partial charge in [0.15, 0.2) is 0 Å². The summed E-state index contributed by atoms with van der Waals surface area (Å²) in [7, 11) is 4.14. The third-order valence-electron chi connectivity index (χ3n) is 3.65. The molecule has 1 aromatic heterocycles. The van der Waals surface area contributed by atoms with E-state index in [1.165, 1.54) is 18.4 Å². The quantitative estimate of drug-likeness (QED) is 0.877. The molecule has 2 heterocycles. The van der Waals surface area contributed by atoms with Gasteiger partial charge < -0.3 is 14.8 Å². The van der Waals surface area contributed by atoms with E-state index in [1.54, 1.807) is 0 Å². The molecule has 4 heteroatoms. The summed E-state index contributed by atoms with van der Waals surface area (Å²) in [6.45, 7) is 2.20. The van der Waals surface area contributed by atoms with Crippen LogP contribution in [0.25, 0.3) is 11.0 Å². The monoisotopic (exact) mass is 244 g/mol. The predicted octanol–water partition coefficient (Wildman–Crippen LogP) is 2.03. The van der Waals surface area contributed by atoms with Crippen molar-refractivity contribution >= 4 is 17.0 Å². The molecule has 1 aromatic carbocycles. The lowest BCUT2D eigenvalue weighted by molar-refractivity contribution is 0.376. The smallest absolute Gasteiger partial charge is 0.206 e. The summed E-state index contributed by atoms with van der Waals surface area (Å²) >= 11 is 0. The maximum atomic E-state index is 4.76. The third kappa shape index (κ3) is 1.86. The molecule has 0 radical (unpaired) electrons. The van der Waals surface area contributed by atoms with Gasteiger partial charge in [0.05, 0.1) is 11.0 Å². The first-order chi connectivity index (χ1) is 8.77. The van der Waals surface area contributed by atoms with Crippen molar-refractivity contribution in [3.05, 3.63) is 24.3 Å². The van der Waals surface area contributed by atoms with Gasteiger partial charge in [-0.25, -0.2) is 4.98 Å². The van der Waals surface area contributed by atoms with E-state index >= 15 is 0 Å². The number of aromatic nitrogens is 2. The molecule has 96 valence electrons. The van der Waals surface area contributed by atoms with Crippen molar-refractivity contribution in [2.75, 3.05) is 32.1 Å². The van der Waals surface area contributed by atoms with Gasteiger partial charge in [0, 0.05) is 20.1 Å². The molecule has 0 saturated carbocycles. The largest absolute Gasteiger partial charge is 0.348 e. The number of nitrogens with zero attached hydrogens (tertiary/aromatic N) is 3. The van der Waals surface area contributed by atoms with Gasteiger partial charge in [-0.3, -0.25) is 0 Å². The van der Waals surface area contributed by atoms with E-state index in [1.807, 2.05) is 0 Å². The van der Waals surface area contributed by atoms with Crippen molar-refractivity contribution in [2.45, 2.75) is 18.9 Å². The van der Waals surface area contributed by atoms with Gasteiger partial charge in [-0.15, -0.1) is 0 Å². The van der Waals surface area contributed by atoms with Crippen molar-refractivity contribution in [3.63, 3.8) is 0 Å². The maximum absolute atomic E-state index is 4.76. The van der Waals surface area contributed by atoms with Crippen molar-refractivity contribution in [2.24, 2.45) is 0 Å². The van der Waals surface area contributed by atoms with Crippen LogP contribution in [0.2, 0.25) is 0 Å². The highest BCUT2D eigenvalue weighted by Gasteiger charge is 2.21. The molecule has 1 saturated heterocycles. The Balaban J connectivity index is 2.14. The number of fused-ring (bicyclic) bond motifs is 1. The van der Waals surface area contributed by atoms with Gasteiger partial charge in [-0.1, -0.05) is 12.1 Å². The van der Waals surface area contributed by atoms with E-state index in [0.29, 0.717) is 6.04 Å². The van der Waals surface area contributed by atoms with Crippen LogP contribution in [0, 0.1) is 0 Å². The van der Waals surface area contributed by atoms with Gasteiger partial charge in [0.2, 0.25) is 5.95 Å². The maximum Gasteiger partial charge on any atom is 0.206 e. The minimum absolute atomic E-state index is 0.566.